The number of fused-ring (bicyclic) bond motifs is 8. The van der Waals surface area contributed by atoms with Crippen molar-refractivity contribution in [2.45, 2.75) is 51.2 Å². The molecule has 0 N–H and O–H groups in total. The van der Waals surface area contributed by atoms with Gasteiger partial charge in [-0.3, -0.25) is 0 Å². The molecule has 2 nitrogen and oxygen atoms in total. The van der Waals surface area contributed by atoms with E-state index in [1.54, 1.807) is 0 Å². The van der Waals surface area contributed by atoms with Crippen LogP contribution in [0.5, 0.6) is 0 Å². The molecule has 0 aromatic heterocycles. The number of anilines is 6. The van der Waals surface area contributed by atoms with E-state index in [1.807, 2.05) is 0 Å². The molecule has 11 rings (SSSR count). The number of nitrogens with zero attached hydrogens (tertiary/aromatic N) is 2. The summed E-state index contributed by atoms with van der Waals surface area (Å²) in [5.74, 6) is 0. The molecule has 67 heavy (non-hydrogen) atoms. The average molecular weight is 881 g/mol. The smallest absolute Gasteiger partial charge is 0.0775 e. The van der Waals surface area contributed by atoms with E-state index in [2.05, 4.69) is 281 Å². The van der Waals surface area contributed by atoms with Crippen molar-refractivity contribution >= 4 is 68.9 Å². The maximum atomic E-state index is 2.50. The van der Waals surface area contributed by atoms with E-state index >= 15 is 0 Å². The van der Waals surface area contributed by atoms with Crippen molar-refractivity contribution in [3.63, 3.8) is 0 Å². The summed E-state index contributed by atoms with van der Waals surface area (Å²) in [7, 11) is -1.50. The van der Waals surface area contributed by atoms with Gasteiger partial charge in [0.05, 0.1) is 13.5 Å². The van der Waals surface area contributed by atoms with Crippen molar-refractivity contribution in [3.8, 4) is 11.1 Å². The van der Waals surface area contributed by atoms with Crippen LogP contribution in [0.4, 0.5) is 34.1 Å². The minimum Gasteiger partial charge on any atom is -0.310 e. The standard InChI is InChI=1S/C64H56N2Si/c1-63(2,3)45-31-33-50(34-32-45)66(49-27-17-10-18-28-49)53-38-42-58-60(44-53)64(46-21-11-7-12-22-46,47-23-13-8-14-24-47)62-57-41-37-52(43-59(57)55-29-19-20-30-56(55)61(58)62)65(48-25-15-9-16-26-48)51-35-39-54(40-36-51)67(4,5)6/h7-44H,1-6H3. The number of para-hydroxylation sites is 2. The van der Waals surface area contributed by atoms with Crippen molar-refractivity contribution in [3.05, 3.63) is 258 Å². The SMILES string of the molecule is CC(C)(C)c1ccc(N(c2ccccc2)c2ccc3c(c2)C(c2ccccc2)(c2ccccc2)c2c-3c3ccccc3c3cc(N(c4ccccc4)c4ccc([Si](C)(C)C)cc4)ccc23)cc1. The van der Waals surface area contributed by atoms with Gasteiger partial charge in [0.15, 0.2) is 0 Å². The van der Waals surface area contributed by atoms with Crippen molar-refractivity contribution < 1.29 is 0 Å². The lowest BCUT2D eigenvalue weighted by Crippen LogP contribution is -2.37. The molecule has 0 saturated carbocycles. The van der Waals surface area contributed by atoms with Gasteiger partial charge in [-0.2, -0.15) is 0 Å². The first-order chi connectivity index (χ1) is 32.5. The number of benzene rings is 10. The quantitative estimate of drug-likeness (QED) is 0.105. The molecule has 10 aromatic carbocycles. The molecule has 0 unspecified atom stereocenters. The van der Waals surface area contributed by atoms with Crippen LogP contribution in [-0.2, 0) is 10.8 Å². The highest BCUT2D eigenvalue weighted by atomic mass is 28.3. The highest BCUT2D eigenvalue weighted by Gasteiger charge is 2.48. The first kappa shape index (κ1) is 42.2. The van der Waals surface area contributed by atoms with Gasteiger partial charge < -0.3 is 9.80 Å². The fourth-order valence-electron chi connectivity index (χ4n) is 10.7. The Morgan fingerprint density at radius 3 is 1.33 bits per heavy atom. The van der Waals surface area contributed by atoms with Gasteiger partial charge in [0.2, 0.25) is 0 Å². The Labute approximate surface area is 397 Å². The Morgan fingerprint density at radius 2 is 0.806 bits per heavy atom. The molecule has 1 aliphatic rings. The lowest BCUT2D eigenvalue weighted by Gasteiger charge is -2.36. The molecule has 3 heteroatoms. The van der Waals surface area contributed by atoms with Gasteiger partial charge in [-0.05, 0) is 139 Å². The molecule has 0 heterocycles. The van der Waals surface area contributed by atoms with E-state index in [0.29, 0.717) is 0 Å². The molecule has 0 aliphatic heterocycles. The largest absolute Gasteiger partial charge is 0.310 e. The molecule has 10 aromatic rings. The molecular formula is C64H56N2Si. The molecule has 0 bridgehead atoms. The molecule has 0 amide bonds. The van der Waals surface area contributed by atoms with Crippen LogP contribution in [0.1, 0.15) is 48.6 Å². The normalized spacial score (nSPS) is 13.0. The summed E-state index contributed by atoms with van der Waals surface area (Å²) < 4.78 is 0. The zero-order chi connectivity index (χ0) is 45.9. The van der Waals surface area contributed by atoms with Gasteiger partial charge in [0.1, 0.15) is 0 Å². The Balaban J connectivity index is 1.21. The predicted octanol–water partition coefficient (Wildman–Crippen LogP) is 17.1. The van der Waals surface area contributed by atoms with Crippen LogP contribution in [0.3, 0.4) is 0 Å². The van der Waals surface area contributed by atoms with Crippen LogP contribution in [0.15, 0.2) is 231 Å². The first-order valence-electron chi connectivity index (χ1n) is 23.7. The third-order valence-electron chi connectivity index (χ3n) is 14.0. The molecule has 1 aliphatic carbocycles. The van der Waals surface area contributed by atoms with Gasteiger partial charge in [-0.25, -0.2) is 0 Å². The van der Waals surface area contributed by atoms with Crippen LogP contribution < -0.4 is 15.0 Å². The second kappa shape index (κ2) is 16.5. The van der Waals surface area contributed by atoms with Crippen molar-refractivity contribution in [1.29, 1.82) is 0 Å². The van der Waals surface area contributed by atoms with Gasteiger partial charge >= 0.3 is 0 Å². The van der Waals surface area contributed by atoms with Gasteiger partial charge in [-0.15, -0.1) is 0 Å². The molecule has 0 radical (unpaired) electrons. The monoisotopic (exact) mass is 880 g/mol. The van der Waals surface area contributed by atoms with E-state index in [1.165, 1.54) is 65.7 Å². The van der Waals surface area contributed by atoms with E-state index < -0.39 is 13.5 Å². The number of hydrogen-bond donors (Lipinski definition) is 0. The summed E-state index contributed by atoms with van der Waals surface area (Å²) in [4.78, 5) is 4.84. The molecule has 0 fully saturated rings. The average Bonchev–Trinajstić information content (AvgIpc) is 3.67. The summed E-state index contributed by atoms with van der Waals surface area (Å²) in [6, 6.07) is 86.2. The predicted molar refractivity (Wildman–Crippen MR) is 290 cm³/mol. The Hall–Kier alpha value is -7.46. The lowest BCUT2D eigenvalue weighted by molar-refractivity contribution is 0.590. The molecule has 326 valence electrons. The van der Waals surface area contributed by atoms with E-state index in [0.717, 1.165) is 34.1 Å². The highest BCUT2D eigenvalue weighted by Crippen LogP contribution is 2.61. The van der Waals surface area contributed by atoms with Crippen molar-refractivity contribution in [2.75, 3.05) is 9.80 Å². The number of hydrogen-bond acceptors (Lipinski definition) is 2. The molecule has 0 saturated heterocycles. The van der Waals surface area contributed by atoms with Crippen LogP contribution in [0.25, 0.3) is 32.7 Å². The van der Waals surface area contributed by atoms with E-state index in [4.69, 9.17) is 0 Å². The van der Waals surface area contributed by atoms with Crippen LogP contribution in [0, 0.1) is 0 Å². The Bertz CT molecular complexity index is 3350. The Kier molecular flexibility index (Phi) is 10.4. The Morgan fingerprint density at radius 1 is 0.373 bits per heavy atom. The summed E-state index contributed by atoms with van der Waals surface area (Å²) in [5, 5.41) is 6.45. The summed E-state index contributed by atoms with van der Waals surface area (Å²) >= 11 is 0. The van der Waals surface area contributed by atoms with E-state index in [9.17, 15) is 0 Å². The fraction of sp³-hybridized carbons (Fsp3) is 0.125. The zero-order valence-corrected chi connectivity index (χ0v) is 40.3. The third kappa shape index (κ3) is 7.17. The van der Waals surface area contributed by atoms with Crippen LogP contribution in [-0.4, -0.2) is 8.07 Å². The topological polar surface area (TPSA) is 6.48 Å². The second-order valence-electron chi connectivity index (χ2n) is 20.2. The summed E-state index contributed by atoms with van der Waals surface area (Å²) in [5.41, 5.74) is 15.1. The lowest BCUT2D eigenvalue weighted by atomic mass is 9.66. The zero-order valence-electron chi connectivity index (χ0n) is 39.3. The summed E-state index contributed by atoms with van der Waals surface area (Å²) in [6.45, 7) is 14.1. The molecule has 0 atom stereocenters. The highest BCUT2D eigenvalue weighted by molar-refractivity contribution is 6.88. The van der Waals surface area contributed by atoms with Crippen molar-refractivity contribution in [1.82, 2.24) is 0 Å². The van der Waals surface area contributed by atoms with Gasteiger partial charge in [0.25, 0.3) is 0 Å². The fourth-order valence-corrected chi connectivity index (χ4v) is 11.9. The first-order valence-corrected chi connectivity index (χ1v) is 27.2. The summed E-state index contributed by atoms with van der Waals surface area (Å²) in [6.07, 6.45) is 0. The maximum absolute atomic E-state index is 2.50. The second-order valence-corrected chi connectivity index (χ2v) is 25.3. The molecular weight excluding hydrogens is 825 g/mol. The van der Waals surface area contributed by atoms with Gasteiger partial charge in [-0.1, -0.05) is 203 Å². The maximum Gasteiger partial charge on any atom is 0.0775 e. The molecule has 0 spiro atoms. The van der Waals surface area contributed by atoms with Crippen molar-refractivity contribution in [2.24, 2.45) is 0 Å². The van der Waals surface area contributed by atoms with E-state index in [-0.39, 0.29) is 5.41 Å². The minimum absolute atomic E-state index is 0.0472. The van der Waals surface area contributed by atoms with Crippen LogP contribution >= 0.6 is 0 Å². The minimum atomic E-state index is -1.50. The van der Waals surface area contributed by atoms with Gasteiger partial charge in [0, 0.05) is 34.1 Å². The third-order valence-corrected chi connectivity index (χ3v) is 16.1. The number of rotatable bonds is 9. The van der Waals surface area contributed by atoms with Crippen LogP contribution in [0.2, 0.25) is 19.6 Å².